The van der Waals surface area contributed by atoms with Crippen molar-refractivity contribution in [3.63, 3.8) is 0 Å². The van der Waals surface area contributed by atoms with Gasteiger partial charge in [0.15, 0.2) is 0 Å². The van der Waals surface area contributed by atoms with Crippen molar-refractivity contribution in [2.45, 2.75) is 25.8 Å². The van der Waals surface area contributed by atoms with E-state index in [9.17, 15) is 14.0 Å². The van der Waals surface area contributed by atoms with E-state index < -0.39 is 0 Å². The summed E-state index contributed by atoms with van der Waals surface area (Å²) in [4.78, 5) is 28.3. The molecule has 6 heteroatoms. The zero-order chi connectivity index (χ0) is 19.9. The third-order valence-corrected chi connectivity index (χ3v) is 5.48. The van der Waals surface area contributed by atoms with Crippen molar-refractivity contribution in [3.05, 3.63) is 70.4 Å². The van der Waals surface area contributed by atoms with Crippen molar-refractivity contribution in [1.82, 2.24) is 14.4 Å². The molecule has 150 valence electrons. The van der Waals surface area contributed by atoms with Gasteiger partial charge >= 0.3 is 0 Å². The summed E-state index contributed by atoms with van der Waals surface area (Å²) in [6.07, 6.45) is 4.59. The van der Waals surface area contributed by atoms with Gasteiger partial charge in [0.1, 0.15) is 12.4 Å². The van der Waals surface area contributed by atoms with Gasteiger partial charge in [0.05, 0.1) is 0 Å². The average Bonchev–Trinajstić information content (AvgIpc) is 2.69. The molecule has 1 amide bonds. The van der Waals surface area contributed by atoms with Crippen LogP contribution in [0.5, 0.6) is 0 Å². The van der Waals surface area contributed by atoms with Crippen LogP contribution in [0, 0.1) is 11.7 Å². The third kappa shape index (κ3) is 5.76. The first-order valence-electron chi connectivity index (χ1n) is 9.87. The highest BCUT2D eigenvalue weighted by molar-refractivity contribution is 5.75. The standard InChI is InChI=1S/C22H28FN3O2/c1-24(22(28)17-26-11-3-2-7-21(26)27)16-19-9-13-25(14-10-19)12-8-18-5-4-6-20(23)15-18/h2-7,11,15,19H,8-10,12-14,16-17H2,1H3. The first-order chi connectivity index (χ1) is 13.5. The lowest BCUT2D eigenvalue weighted by molar-refractivity contribution is -0.131. The highest BCUT2D eigenvalue weighted by Crippen LogP contribution is 2.18. The lowest BCUT2D eigenvalue weighted by Crippen LogP contribution is -2.41. The van der Waals surface area contributed by atoms with Crippen LogP contribution in [-0.4, -0.2) is 53.5 Å². The zero-order valence-corrected chi connectivity index (χ0v) is 16.4. The van der Waals surface area contributed by atoms with Crippen LogP contribution in [0.1, 0.15) is 18.4 Å². The van der Waals surface area contributed by atoms with E-state index in [0.717, 1.165) is 51.0 Å². The van der Waals surface area contributed by atoms with Gasteiger partial charge < -0.3 is 14.4 Å². The summed E-state index contributed by atoms with van der Waals surface area (Å²) >= 11 is 0. The lowest BCUT2D eigenvalue weighted by Gasteiger charge is -2.34. The van der Waals surface area contributed by atoms with E-state index in [2.05, 4.69) is 4.90 Å². The molecule has 1 saturated heterocycles. The van der Waals surface area contributed by atoms with Crippen LogP contribution >= 0.6 is 0 Å². The summed E-state index contributed by atoms with van der Waals surface area (Å²) in [5, 5.41) is 0. The molecule has 0 spiro atoms. The lowest BCUT2D eigenvalue weighted by atomic mass is 9.96. The first-order valence-corrected chi connectivity index (χ1v) is 9.87. The van der Waals surface area contributed by atoms with Gasteiger partial charge in [0.25, 0.3) is 5.56 Å². The molecule has 1 fully saturated rings. The molecule has 0 bridgehead atoms. The Morgan fingerprint density at radius 3 is 2.68 bits per heavy atom. The zero-order valence-electron chi connectivity index (χ0n) is 16.4. The average molecular weight is 385 g/mol. The summed E-state index contributed by atoms with van der Waals surface area (Å²) in [7, 11) is 1.81. The number of aromatic nitrogens is 1. The van der Waals surface area contributed by atoms with Crippen molar-refractivity contribution in [3.8, 4) is 0 Å². The molecule has 0 unspecified atom stereocenters. The molecule has 28 heavy (non-hydrogen) atoms. The number of piperidine rings is 1. The number of hydrogen-bond donors (Lipinski definition) is 0. The molecule has 1 aromatic heterocycles. The van der Waals surface area contributed by atoms with Crippen LogP contribution in [0.15, 0.2) is 53.5 Å². The Balaban J connectivity index is 1.40. The fourth-order valence-electron chi connectivity index (χ4n) is 3.72. The van der Waals surface area contributed by atoms with E-state index in [1.54, 1.807) is 35.4 Å². The molecule has 0 aliphatic carbocycles. The van der Waals surface area contributed by atoms with Crippen molar-refractivity contribution < 1.29 is 9.18 Å². The van der Waals surface area contributed by atoms with Crippen LogP contribution in [-0.2, 0) is 17.8 Å². The maximum atomic E-state index is 13.3. The molecule has 0 radical (unpaired) electrons. The van der Waals surface area contributed by atoms with Crippen molar-refractivity contribution in [2.75, 3.05) is 33.2 Å². The number of benzene rings is 1. The molecule has 5 nitrogen and oxygen atoms in total. The van der Waals surface area contributed by atoms with E-state index in [4.69, 9.17) is 0 Å². The number of likely N-dealkylation sites (tertiary alicyclic amines) is 1. The van der Waals surface area contributed by atoms with Crippen LogP contribution in [0.2, 0.25) is 0 Å². The maximum Gasteiger partial charge on any atom is 0.250 e. The second-order valence-corrected chi connectivity index (χ2v) is 7.61. The Bertz CT molecular complexity index is 843. The van der Waals surface area contributed by atoms with Gasteiger partial charge in [-0.3, -0.25) is 9.59 Å². The largest absolute Gasteiger partial charge is 0.344 e. The number of hydrogen-bond acceptors (Lipinski definition) is 3. The van der Waals surface area contributed by atoms with Crippen molar-refractivity contribution in [1.29, 1.82) is 0 Å². The van der Waals surface area contributed by atoms with Gasteiger partial charge in [-0.05, 0) is 62.0 Å². The second kappa shape index (κ2) is 9.64. The summed E-state index contributed by atoms with van der Waals surface area (Å²) < 4.78 is 14.7. The smallest absolute Gasteiger partial charge is 0.250 e. The second-order valence-electron chi connectivity index (χ2n) is 7.61. The molecule has 2 heterocycles. The Hall–Kier alpha value is -2.47. The maximum absolute atomic E-state index is 13.3. The Morgan fingerprint density at radius 2 is 1.96 bits per heavy atom. The number of nitrogens with zero attached hydrogens (tertiary/aromatic N) is 3. The van der Waals surface area contributed by atoms with Crippen LogP contribution < -0.4 is 5.56 Å². The predicted octanol–water partition coefficient (Wildman–Crippen LogP) is 2.40. The van der Waals surface area contributed by atoms with Gasteiger partial charge in [-0.1, -0.05) is 18.2 Å². The van der Waals surface area contributed by atoms with Gasteiger partial charge in [-0.25, -0.2) is 4.39 Å². The van der Waals surface area contributed by atoms with Crippen molar-refractivity contribution >= 4 is 5.91 Å². The Morgan fingerprint density at radius 1 is 1.18 bits per heavy atom. The quantitative estimate of drug-likeness (QED) is 0.735. The SMILES string of the molecule is CN(CC1CCN(CCc2cccc(F)c2)CC1)C(=O)Cn1ccccc1=O. The minimum absolute atomic E-state index is 0.0400. The monoisotopic (exact) mass is 385 g/mol. The van der Waals surface area contributed by atoms with Crippen molar-refractivity contribution in [2.24, 2.45) is 5.92 Å². The van der Waals surface area contributed by atoms with E-state index >= 15 is 0 Å². The Kier molecular flexibility index (Phi) is 6.98. The van der Waals surface area contributed by atoms with Crippen LogP contribution in [0.4, 0.5) is 4.39 Å². The highest BCUT2D eigenvalue weighted by Gasteiger charge is 2.22. The first kappa shape index (κ1) is 20.3. The number of likely N-dealkylation sites (N-methyl/N-ethyl adjacent to an activating group) is 1. The summed E-state index contributed by atoms with van der Waals surface area (Å²) in [5.74, 6) is 0.260. The summed E-state index contributed by atoms with van der Waals surface area (Å²) in [6, 6.07) is 11.7. The van der Waals surface area contributed by atoms with Crippen LogP contribution in [0.3, 0.4) is 0 Å². The number of carbonyl (C=O) groups is 1. The van der Waals surface area contributed by atoms with E-state index in [-0.39, 0.29) is 23.8 Å². The number of halogens is 1. The van der Waals surface area contributed by atoms with Gasteiger partial charge in [-0.2, -0.15) is 0 Å². The highest BCUT2D eigenvalue weighted by atomic mass is 19.1. The Labute approximate surface area is 165 Å². The van der Waals surface area contributed by atoms with E-state index in [1.807, 2.05) is 13.1 Å². The molecule has 2 aromatic rings. The van der Waals surface area contributed by atoms with Gasteiger partial charge in [0, 0.05) is 32.4 Å². The molecule has 1 aliphatic rings. The molecular formula is C22H28FN3O2. The molecule has 0 atom stereocenters. The fraction of sp³-hybridized carbons (Fsp3) is 0.455. The number of amides is 1. The molecule has 0 N–H and O–H groups in total. The normalized spacial score (nSPS) is 15.5. The van der Waals surface area contributed by atoms with E-state index in [0.29, 0.717) is 5.92 Å². The summed E-state index contributed by atoms with van der Waals surface area (Å²) in [5.41, 5.74) is 0.875. The number of pyridine rings is 1. The molecular weight excluding hydrogens is 357 g/mol. The van der Waals surface area contributed by atoms with Crippen LogP contribution in [0.25, 0.3) is 0 Å². The molecule has 3 rings (SSSR count). The van der Waals surface area contributed by atoms with Gasteiger partial charge in [-0.15, -0.1) is 0 Å². The molecule has 1 aliphatic heterocycles. The topological polar surface area (TPSA) is 45.5 Å². The molecule has 1 aromatic carbocycles. The third-order valence-electron chi connectivity index (χ3n) is 5.48. The minimum Gasteiger partial charge on any atom is -0.344 e. The van der Waals surface area contributed by atoms with E-state index in [1.165, 1.54) is 16.7 Å². The fourth-order valence-corrected chi connectivity index (χ4v) is 3.72. The predicted molar refractivity (Wildman–Crippen MR) is 108 cm³/mol. The number of carbonyl (C=O) groups excluding carboxylic acids is 1. The molecule has 0 saturated carbocycles. The minimum atomic E-state index is -0.179. The number of rotatable bonds is 7. The van der Waals surface area contributed by atoms with Gasteiger partial charge in [0.2, 0.25) is 5.91 Å². The summed E-state index contributed by atoms with van der Waals surface area (Å²) in [6.45, 7) is 3.74.